The molecule has 3 N–H and O–H groups in total. The number of nitrogens with zero attached hydrogens (tertiary/aromatic N) is 1. The van der Waals surface area contributed by atoms with Crippen molar-refractivity contribution in [1.29, 1.82) is 0 Å². The molecule has 1 amide bonds. The van der Waals surface area contributed by atoms with Gasteiger partial charge < -0.3 is 15.6 Å². The third kappa shape index (κ3) is 3.19. The Morgan fingerprint density at radius 1 is 1.45 bits per heavy atom. The van der Waals surface area contributed by atoms with Crippen LogP contribution >= 0.6 is 15.9 Å². The highest BCUT2D eigenvalue weighted by Crippen LogP contribution is 2.19. The van der Waals surface area contributed by atoms with E-state index in [-0.39, 0.29) is 11.6 Å². The molecule has 0 saturated carbocycles. The summed E-state index contributed by atoms with van der Waals surface area (Å²) in [6.45, 7) is 2.79. The van der Waals surface area contributed by atoms with Crippen molar-refractivity contribution in [2.75, 3.05) is 11.1 Å². The van der Waals surface area contributed by atoms with Crippen LogP contribution in [-0.4, -0.2) is 10.5 Å². The lowest BCUT2D eigenvalue weighted by Gasteiger charge is -2.09. The molecule has 2 rings (SSSR count). The van der Waals surface area contributed by atoms with Crippen LogP contribution in [0.3, 0.4) is 0 Å². The van der Waals surface area contributed by atoms with Crippen LogP contribution in [0.2, 0.25) is 0 Å². The largest absolute Gasteiger partial charge is 0.396 e. The van der Waals surface area contributed by atoms with Crippen LogP contribution in [0.25, 0.3) is 0 Å². The molecule has 106 valence electrons. The van der Waals surface area contributed by atoms with Gasteiger partial charge in [0.25, 0.3) is 5.91 Å². The first-order valence-electron chi connectivity index (χ1n) is 6.23. The predicted molar refractivity (Wildman–Crippen MR) is 81.2 cm³/mol. The van der Waals surface area contributed by atoms with Gasteiger partial charge in [-0.2, -0.15) is 0 Å². The molecule has 1 aromatic heterocycles. The lowest BCUT2D eigenvalue weighted by molar-refractivity contribution is 0.101. The van der Waals surface area contributed by atoms with E-state index in [1.54, 1.807) is 6.07 Å². The minimum absolute atomic E-state index is 0.00733. The molecule has 1 aromatic carbocycles. The Morgan fingerprint density at radius 2 is 2.20 bits per heavy atom. The molecular formula is C14H15BrFN3O. The van der Waals surface area contributed by atoms with E-state index in [4.69, 9.17) is 5.73 Å². The molecule has 0 spiro atoms. The number of halogens is 2. The summed E-state index contributed by atoms with van der Waals surface area (Å²) < 4.78 is 15.8. The molecule has 0 atom stereocenters. The number of hydrogen-bond donors (Lipinski definition) is 2. The van der Waals surface area contributed by atoms with E-state index in [9.17, 15) is 9.18 Å². The van der Waals surface area contributed by atoms with Crippen LogP contribution in [0.1, 0.15) is 23.8 Å². The van der Waals surface area contributed by atoms with Crippen molar-refractivity contribution in [2.45, 2.75) is 19.9 Å². The van der Waals surface area contributed by atoms with Gasteiger partial charge >= 0.3 is 0 Å². The molecule has 20 heavy (non-hydrogen) atoms. The minimum Gasteiger partial charge on any atom is -0.396 e. The number of nitrogens with two attached hydrogens (primary N) is 1. The van der Waals surface area contributed by atoms with E-state index in [0.29, 0.717) is 11.4 Å². The van der Waals surface area contributed by atoms with Crippen LogP contribution in [0, 0.1) is 5.82 Å². The van der Waals surface area contributed by atoms with Gasteiger partial charge in [0.15, 0.2) is 0 Å². The third-order valence-corrected chi connectivity index (χ3v) is 3.25. The van der Waals surface area contributed by atoms with Crippen molar-refractivity contribution >= 4 is 33.2 Å². The second kappa shape index (κ2) is 6.09. The van der Waals surface area contributed by atoms with Crippen LogP contribution in [0.15, 0.2) is 34.9 Å². The normalized spacial score (nSPS) is 10.6. The molecule has 0 saturated heterocycles. The molecule has 4 nitrogen and oxygen atoms in total. The maximum atomic E-state index is 13.1. The number of rotatable bonds is 4. The molecule has 6 heteroatoms. The minimum atomic E-state index is -0.500. The Bertz CT molecular complexity index is 639. The molecule has 0 radical (unpaired) electrons. The molecule has 2 aromatic rings. The van der Waals surface area contributed by atoms with Gasteiger partial charge in [-0.25, -0.2) is 4.39 Å². The number of carbonyl (C=O) groups excluding carboxylic acids is 1. The number of nitrogen functional groups attached to an aromatic ring is 1. The van der Waals surface area contributed by atoms with Gasteiger partial charge in [-0.05, 0) is 46.6 Å². The van der Waals surface area contributed by atoms with Crippen molar-refractivity contribution in [2.24, 2.45) is 0 Å². The number of carbonyl (C=O) groups is 1. The molecule has 0 unspecified atom stereocenters. The number of aromatic nitrogens is 1. The first kappa shape index (κ1) is 14.6. The van der Waals surface area contributed by atoms with E-state index >= 15 is 0 Å². The quantitative estimate of drug-likeness (QED) is 0.835. The molecule has 0 aliphatic carbocycles. The van der Waals surface area contributed by atoms with Gasteiger partial charge in [0, 0.05) is 22.9 Å². The molecule has 0 aliphatic heterocycles. The molecule has 0 bridgehead atoms. The number of aryl methyl sites for hydroxylation is 1. The second-order valence-electron chi connectivity index (χ2n) is 4.43. The zero-order chi connectivity index (χ0) is 14.7. The maximum Gasteiger partial charge on any atom is 0.272 e. The van der Waals surface area contributed by atoms with Gasteiger partial charge in [0.2, 0.25) is 0 Å². The van der Waals surface area contributed by atoms with E-state index in [1.165, 1.54) is 18.2 Å². The summed E-state index contributed by atoms with van der Waals surface area (Å²) in [5.74, 6) is -0.754. The topological polar surface area (TPSA) is 60.0 Å². The fraction of sp³-hybridized carbons (Fsp3) is 0.214. The van der Waals surface area contributed by atoms with Crippen molar-refractivity contribution in [3.8, 4) is 0 Å². The Kier molecular flexibility index (Phi) is 4.44. The molecule has 0 aliphatic rings. The Hall–Kier alpha value is -1.82. The second-order valence-corrected chi connectivity index (χ2v) is 5.34. The van der Waals surface area contributed by atoms with Crippen LogP contribution in [-0.2, 0) is 6.54 Å². The number of hydrogen-bond acceptors (Lipinski definition) is 2. The van der Waals surface area contributed by atoms with Gasteiger partial charge in [0.1, 0.15) is 11.5 Å². The van der Waals surface area contributed by atoms with Gasteiger partial charge in [-0.15, -0.1) is 0 Å². The lowest BCUT2D eigenvalue weighted by Crippen LogP contribution is -2.17. The fourth-order valence-electron chi connectivity index (χ4n) is 1.91. The standard InChI is InChI=1S/C14H15BrFN3O/c1-2-5-19-8-9(15)6-13(19)14(20)18-10-3-4-11(16)12(17)7-10/h3-4,6-8H,2,5,17H2,1H3,(H,18,20). The zero-order valence-corrected chi connectivity index (χ0v) is 12.6. The molecular weight excluding hydrogens is 325 g/mol. The van der Waals surface area contributed by atoms with Crippen molar-refractivity contribution < 1.29 is 9.18 Å². The van der Waals surface area contributed by atoms with E-state index in [2.05, 4.69) is 21.2 Å². The number of benzene rings is 1. The smallest absolute Gasteiger partial charge is 0.272 e. The molecule has 1 heterocycles. The Morgan fingerprint density at radius 3 is 2.85 bits per heavy atom. The van der Waals surface area contributed by atoms with Crippen LogP contribution < -0.4 is 11.1 Å². The van der Waals surface area contributed by atoms with Crippen molar-refractivity contribution in [3.05, 3.63) is 46.4 Å². The summed E-state index contributed by atoms with van der Waals surface area (Å²) in [5.41, 5.74) is 6.50. The van der Waals surface area contributed by atoms with Crippen molar-refractivity contribution in [1.82, 2.24) is 4.57 Å². The lowest BCUT2D eigenvalue weighted by atomic mass is 10.2. The first-order chi connectivity index (χ1) is 9.51. The maximum absolute atomic E-state index is 13.1. The van der Waals surface area contributed by atoms with E-state index in [1.807, 2.05) is 17.7 Å². The van der Waals surface area contributed by atoms with Gasteiger partial charge in [-0.3, -0.25) is 4.79 Å². The summed E-state index contributed by atoms with van der Waals surface area (Å²) in [6, 6.07) is 5.85. The predicted octanol–water partition coefficient (Wildman–Crippen LogP) is 3.63. The van der Waals surface area contributed by atoms with Gasteiger partial charge in [0.05, 0.1) is 5.69 Å². The summed E-state index contributed by atoms with van der Waals surface area (Å²) in [5, 5.41) is 2.71. The first-order valence-corrected chi connectivity index (χ1v) is 7.02. The average molecular weight is 340 g/mol. The zero-order valence-electron chi connectivity index (χ0n) is 11.0. The Balaban J connectivity index is 2.21. The molecule has 0 fully saturated rings. The fourth-order valence-corrected chi connectivity index (χ4v) is 2.37. The van der Waals surface area contributed by atoms with Crippen molar-refractivity contribution in [3.63, 3.8) is 0 Å². The van der Waals surface area contributed by atoms with Crippen LogP contribution in [0.5, 0.6) is 0 Å². The highest BCUT2D eigenvalue weighted by atomic mass is 79.9. The van der Waals surface area contributed by atoms with E-state index < -0.39 is 5.82 Å². The summed E-state index contributed by atoms with van der Waals surface area (Å²) in [6.07, 6.45) is 2.78. The monoisotopic (exact) mass is 339 g/mol. The Labute approximate surface area is 124 Å². The summed E-state index contributed by atoms with van der Waals surface area (Å²) >= 11 is 3.36. The van der Waals surface area contributed by atoms with E-state index in [0.717, 1.165) is 17.4 Å². The summed E-state index contributed by atoms with van der Waals surface area (Å²) in [4.78, 5) is 12.2. The number of anilines is 2. The number of amides is 1. The van der Waals surface area contributed by atoms with Gasteiger partial charge in [-0.1, -0.05) is 6.92 Å². The summed E-state index contributed by atoms with van der Waals surface area (Å²) in [7, 11) is 0. The highest BCUT2D eigenvalue weighted by molar-refractivity contribution is 9.10. The third-order valence-electron chi connectivity index (χ3n) is 2.81. The number of nitrogens with one attached hydrogen (secondary N) is 1. The average Bonchev–Trinajstić information content (AvgIpc) is 2.75. The highest BCUT2D eigenvalue weighted by Gasteiger charge is 2.13. The SMILES string of the molecule is CCCn1cc(Br)cc1C(=O)Nc1ccc(F)c(N)c1. The van der Waals surface area contributed by atoms with Crippen LogP contribution in [0.4, 0.5) is 15.8 Å².